The highest BCUT2D eigenvalue weighted by atomic mass is 14.3. The molecule has 0 nitrogen and oxygen atoms in total. The third-order valence-corrected chi connectivity index (χ3v) is 3.96. The molecule has 0 heterocycles. The number of rotatable bonds is 0. The van der Waals surface area contributed by atoms with Gasteiger partial charge in [-0.15, -0.1) is 0 Å². The van der Waals surface area contributed by atoms with Crippen LogP contribution in [0.3, 0.4) is 0 Å². The summed E-state index contributed by atoms with van der Waals surface area (Å²) < 4.78 is 0. The average molecular weight is 238 g/mol. The molecule has 0 aromatic carbocycles. The maximum Gasteiger partial charge on any atom is -0.0200 e. The van der Waals surface area contributed by atoms with Crippen LogP contribution in [0.5, 0.6) is 0 Å². The third-order valence-electron chi connectivity index (χ3n) is 3.96. The van der Waals surface area contributed by atoms with Gasteiger partial charge in [-0.2, -0.15) is 0 Å². The smallest absolute Gasteiger partial charge is 0.0200 e. The van der Waals surface area contributed by atoms with E-state index in [2.05, 4.69) is 41.5 Å². The molecule has 0 radical (unpaired) electrons. The average Bonchev–Trinajstić information content (AvgIpc) is 2.43. The van der Waals surface area contributed by atoms with E-state index < -0.39 is 0 Å². The van der Waals surface area contributed by atoms with Crippen molar-refractivity contribution in [1.29, 1.82) is 0 Å². The highest BCUT2D eigenvalue weighted by Crippen LogP contribution is 2.35. The second kappa shape index (κ2) is 9.50. The van der Waals surface area contributed by atoms with Crippen molar-refractivity contribution in [2.75, 3.05) is 0 Å². The number of hydrogen-bond acceptors (Lipinski definition) is 0. The van der Waals surface area contributed by atoms with Gasteiger partial charge in [0, 0.05) is 0 Å². The molecule has 1 aliphatic carbocycles. The fourth-order valence-electron chi connectivity index (χ4n) is 2.20. The molecule has 0 aromatic rings. The van der Waals surface area contributed by atoms with Crippen LogP contribution in [0.4, 0.5) is 0 Å². The van der Waals surface area contributed by atoms with Crippen LogP contribution >= 0.6 is 0 Å². The molecule has 0 N–H and O–H groups in total. The van der Waals surface area contributed by atoms with E-state index in [0.717, 1.165) is 11.8 Å². The molecule has 0 saturated heterocycles. The van der Waals surface area contributed by atoms with Crippen LogP contribution in [0.2, 0.25) is 0 Å². The van der Waals surface area contributed by atoms with E-state index in [1.165, 1.54) is 17.6 Å². The molecule has 0 bridgehead atoms. The van der Waals surface area contributed by atoms with Gasteiger partial charge in [-0.25, -0.2) is 0 Å². The standard InChI is InChI=1S/C13H22.2C2H6/c1-8-7-9(2)11(4)13(6)12(5)10(8)3;2*1-2/h8,10H,7H2,1-6H3;2*1-2H3. The molecule has 2 unspecified atom stereocenters. The van der Waals surface area contributed by atoms with E-state index in [0.29, 0.717) is 0 Å². The zero-order valence-corrected chi connectivity index (χ0v) is 13.9. The van der Waals surface area contributed by atoms with Gasteiger partial charge in [0.2, 0.25) is 0 Å². The Balaban J connectivity index is 0. The molecule has 0 aromatic heterocycles. The van der Waals surface area contributed by atoms with Gasteiger partial charge in [-0.3, -0.25) is 0 Å². The van der Waals surface area contributed by atoms with E-state index in [1.54, 1.807) is 11.1 Å². The summed E-state index contributed by atoms with van der Waals surface area (Å²) in [4.78, 5) is 0. The minimum Gasteiger partial charge on any atom is -0.0699 e. The minimum atomic E-state index is 0.743. The van der Waals surface area contributed by atoms with Crippen molar-refractivity contribution >= 4 is 0 Å². The Labute approximate surface area is 110 Å². The number of allylic oxidation sites excluding steroid dienone is 4. The van der Waals surface area contributed by atoms with Crippen LogP contribution in [0.15, 0.2) is 22.3 Å². The topological polar surface area (TPSA) is 0 Å². The van der Waals surface area contributed by atoms with Crippen molar-refractivity contribution in [1.82, 2.24) is 0 Å². The molecule has 0 amide bonds. The van der Waals surface area contributed by atoms with Crippen molar-refractivity contribution in [3.63, 3.8) is 0 Å². The summed E-state index contributed by atoms with van der Waals surface area (Å²) in [6, 6.07) is 0. The lowest BCUT2D eigenvalue weighted by Gasteiger charge is -2.19. The van der Waals surface area contributed by atoms with Gasteiger partial charge in [0.25, 0.3) is 0 Å². The summed E-state index contributed by atoms with van der Waals surface area (Å²) in [5, 5.41) is 0. The maximum absolute atomic E-state index is 2.36. The molecule has 102 valence electrons. The van der Waals surface area contributed by atoms with Crippen molar-refractivity contribution in [2.24, 2.45) is 11.8 Å². The zero-order valence-electron chi connectivity index (χ0n) is 13.9. The van der Waals surface area contributed by atoms with Crippen molar-refractivity contribution in [3.05, 3.63) is 22.3 Å². The van der Waals surface area contributed by atoms with Crippen LogP contribution < -0.4 is 0 Å². The lowest BCUT2D eigenvalue weighted by Crippen LogP contribution is -2.08. The van der Waals surface area contributed by atoms with Gasteiger partial charge in [0.15, 0.2) is 0 Å². The summed E-state index contributed by atoms with van der Waals surface area (Å²) in [7, 11) is 0. The Hall–Kier alpha value is -0.520. The van der Waals surface area contributed by atoms with Crippen LogP contribution in [-0.4, -0.2) is 0 Å². The predicted molar refractivity (Wildman–Crippen MR) is 82.4 cm³/mol. The van der Waals surface area contributed by atoms with Gasteiger partial charge in [0.05, 0.1) is 0 Å². The molecule has 1 aliphatic rings. The Morgan fingerprint density at radius 2 is 1.18 bits per heavy atom. The first-order chi connectivity index (χ1) is 7.95. The summed E-state index contributed by atoms with van der Waals surface area (Å²) in [5.41, 5.74) is 6.21. The molecule has 17 heavy (non-hydrogen) atoms. The summed E-state index contributed by atoms with van der Waals surface area (Å²) in [5.74, 6) is 1.54. The van der Waals surface area contributed by atoms with Crippen LogP contribution in [0, 0.1) is 11.8 Å². The van der Waals surface area contributed by atoms with Gasteiger partial charge in [-0.1, -0.05) is 52.7 Å². The van der Waals surface area contributed by atoms with Crippen LogP contribution in [0.25, 0.3) is 0 Å². The first-order valence-electron chi connectivity index (χ1n) is 7.29. The van der Waals surface area contributed by atoms with Crippen LogP contribution in [0.1, 0.15) is 75.7 Å². The normalized spacial score (nSPS) is 24.4. The molecule has 2 atom stereocenters. The third kappa shape index (κ3) is 5.10. The molecule has 1 rings (SSSR count). The monoisotopic (exact) mass is 238 g/mol. The molecule has 0 fully saturated rings. The maximum atomic E-state index is 2.36. The van der Waals surface area contributed by atoms with Crippen molar-refractivity contribution < 1.29 is 0 Å². The summed E-state index contributed by atoms with van der Waals surface area (Å²) >= 11 is 0. The Morgan fingerprint density at radius 1 is 0.765 bits per heavy atom. The highest BCUT2D eigenvalue weighted by molar-refractivity contribution is 5.37. The molecular formula is C17H34. The predicted octanol–water partition coefficient (Wildman–Crippen LogP) is 6.39. The van der Waals surface area contributed by atoms with E-state index in [9.17, 15) is 0 Å². The highest BCUT2D eigenvalue weighted by Gasteiger charge is 2.20. The molecule has 0 aliphatic heterocycles. The number of hydrogen-bond donors (Lipinski definition) is 0. The first-order valence-corrected chi connectivity index (χ1v) is 7.29. The SMILES string of the molecule is CC.CC.CC1=C(C)C(C)=C(C)C(C)C(C)C1. The van der Waals surface area contributed by atoms with Crippen molar-refractivity contribution in [3.8, 4) is 0 Å². The zero-order chi connectivity index (χ0) is 14.2. The minimum absolute atomic E-state index is 0.743. The van der Waals surface area contributed by atoms with Gasteiger partial charge >= 0.3 is 0 Å². The second-order valence-corrected chi connectivity index (χ2v) is 4.68. The van der Waals surface area contributed by atoms with E-state index >= 15 is 0 Å². The largest absolute Gasteiger partial charge is 0.0699 e. The lowest BCUT2D eigenvalue weighted by molar-refractivity contribution is 0.439. The van der Waals surface area contributed by atoms with Crippen molar-refractivity contribution in [2.45, 2.75) is 75.7 Å². The first kappa shape index (κ1) is 18.8. The van der Waals surface area contributed by atoms with E-state index in [1.807, 2.05) is 27.7 Å². The fraction of sp³-hybridized carbons (Fsp3) is 0.765. The summed E-state index contributed by atoms with van der Waals surface area (Å²) in [6.45, 7) is 21.8. The quantitative estimate of drug-likeness (QED) is 0.459. The van der Waals surface area contributed by atoms with Crippen LogP contribution in [-0.2, 0) is 0 Å². The van der Waals surface area contributed by atoms with Gasteiger partial charge < -0.3 is 0 Å². The molecule has 0 saturated carbocycles. The van der Waals surface area contributed by atoms with Gasteiger partial charge in [0.1, 0.15) is 0 Å². The second-order valence-electron chi connectivity index (χ2n) is 4.68. The Morgan fingerprint density at radius 3 is 1.59 bits per heavy atom. The Bertz CT molecular complexity index is 266. The Kier molecular flexibility index (Phi) is 10.5. The van der Waals surface area contributed by atoms with E-state index in [-0.39, 0.29) is 0 Å². The fourth-order valence-corrected chi connectivity index (χ4v) is 2.20. The van der Waals surface area contributed by atoms with Gasteiger partial charge in [-0.05, 0) is 57.1 Å². The molecule has 0 spiro atoms. The summed E-state index contributed by atoms with van der Waals surface area (Å²) in [6.07, 6.45) is 1.27. The molecule has 0 heteroatoms. The van der Waals surface area contributed by atoms with E-state index in [4.69, 9.17) is 0 Å². The molecular weight excluding hydrogens is 204 g/mol. The lowest BCUT2D eigenvalue weighted by atomic mass is 9.86.